The Morgan fingerprint density at radius 3 is 2.69 bits per heavy atom. The molecule has 1 aliphatic carbocycles. The second kappa shape index (κ2) is 4.12. The maximum atomic E-state index is 13.4. The predicted molar refractivity (Wildman–Crippen MR) is 57.6 cm³/mol. The fourth-order valence-corrected chi connectivity index (χ4v) is 3.04. The van der Waals surface area contributed by atoms with E-state index in [1.165, 1.54) is 18.2 Å². The number of sulfonamides is 1. The lowest BCUT2D eigenvalue weighted by Gasteiger charge is -2.10. The third-order valence-corrected chi connectivity index (χ3v) is 4.07. The molecule has 16 heavy (non-hydrogen) atoms. The van der Waals surface area contributed by atoms with Crippen molar-refractivity contribution in [3.63, 3.8) is 0 Å². The van der Waals surface area contributed by atoms with Crippen LogP contribution in [0.4, 0.5) is 4.39 Å². The van der Waals surface area contributed by atoms with Crippen molar-refractivity contribution >= 4 is 10.0 Å². The topological polar surface area (TPSA) is 72.2 Å². The monoisotopic (exact) mass is 244 g/mol. The normalized spacial score (nSPS) is 16.4. The van der Waals surface area contributed by atoms with E-state index in [4.69, 9.17) is 5.73 Å². The van der Waals surface area contributed by atoms with Gasteiger partial charge in [-0.05, 0) is 25.0 Å². The predicted octanol–water partition coefficient (Wildman–Crippen LogP) is 0.725. The molecule has 0 saturated heterocycles. The van der Waals surface area contributed by atoms with Crippen LogP contribution in [-0.4, -0.2) is 14.5 Å². The van der Waals surface area contributed by atoms with Crippen molar-refractivity contribution < 1.29 is 12.8 Å². The van der Waals surface area contributed by atoms with Crippen LogP contribution in [0.5, 0.6) is 0 Å². The van der Waals surface area contributed by atoms with Crippen LogP contribution < -0.4 is 10.5 Å². The summed E-state index contributed by atoms with van der Waals surface area (Å²) in [6, 6.07) is 3.95. The molecule has 1 aliphatic rings. The van der Waals surface area contributed by atoms with Crippen molar-refractivity contribution in [3.05, 3.63) is 29.6 Å². The van der Waals surface area contributed by atoms with Crippen molar-refractivity contribution in [1.82, 2.24) is 4.72 Å². The third-order valence-electron chi connectivity index (χ3n) is 2.47. The highest BCUT2D eigenvalue weighted by atomic mass is 32.2. The third kappa shape index (κ3) is 2.23. The van der Waals surface area contributed by atoms with Crippen molar-refractivity contribution in [3.8, 4) is 0 Å². The molecule has 0 aliphatic heterocycles. The van der Waals surface area contributed by atoms with E-state index >= 15 is 0 Å². The van der Waals surface area contributed by atoms with Crippen LogP contribution in [0.1, 0.15) is 18.4 Å². The highest BCUT2D eigenvalue weighted by molar-refractivity contribution is 7.89. The molecular weight excluding hydrogens is 231 g/mol. The molecule has 6 heteroatoms. The number of hydrogen-bond acceptors (Lipinski definition) is 3. The van der Waals surface area contributed by atoms with E-state index < -0.39 is 15.8 Å². The van der Waals surface area contributed by atoms with E-state index in [1.54, 1.807) is 0 Å². The fraction of sp³-hybridized carbons (Fsp3) is 0.400. The average Bonchev–Trinajstić information content (AvgIpc) is 3.00. The van der Waals surface area contributed by atoms with Gasteiger partial charge in [0.1, 0.15) is 5.82 Å². The van der Waals surface area contributed by atoms with Crippen LogP contribution >= 0.6 is 0 Å². The minimum Gasteiger partial charge on any atom is -0.326 e. The number of nitrogens with one attached hydrogen (secondary N) is 1. The zero-order chi connectivity index (χ0) is 11.8. The molecular formula is C10H13FN2O2S. The molecule has 0 heterocycles. The van der Waals surface area contributed by atoms with E-state index in [0.717, 1.165) is 12.8 Å². The van der Waals surface area contributed by atoms with Gasteiger partial charge in [-0.3, -0.25) is 0 Å². The van der Waals surface area contributed by atoms with Gasteiger partial charge in [-0.2, -0.15) is 0 Å². The van der Waals surface area contributed by atoms with Gasteiger partial charge in [0.2, 0.25) is 10.0 Å². The lowest BCUT2D eigenvalue weighted by Crippen LogP contribution is -2.27. The Labute approximate surface area is 93.7 Å². The van der Waals surface area contributed by atoms with Crippen molar-refractivity contribution in [1.29, 1.82) is 0 Å². The van der Waals surface area contributed by atoms with Gasteiger partial charge in [-0.15, -0.1) is 0 Å². The summed E-state index contributed by atoms with van der Waals surface area (Å²) in [5.74, 6) is -0.582. The summed E-state index contributed by atoms with van der Waals surface area (Å²) in [4.78, 5) is -0.0538. The molecule has 0 unspecified atom stereocenters. The van der Waals surface area contributed by atoms with Gasteiger partial charge in [-0.25, -0.2) is 17.5 Å². The Balaban J connectivity index is 2.41. The number of halogens is 1. The lowest BCUT2D eigenvalue weighted by atomic mass is 10.2. The number of benzene rings is 1. The highest BCUT2D eigenvalue weighted by Gasteiger charge is 2.29. The summed E-state index contributed by atoms with van der Waals surface area (Å²) < 4.78 is 39.6. The molecule has 0 bridgehead atoms. The Bertz CT molecular complexity index is 498. The maximum Gasteiger partial charge on any atom is 0.241 e. The minimum atomic E-state index is -3.63. The Morgan fingerprint density at radius 1 is 1.44 bits per heavy atom. The standard InChI is InChI=1S/C10H13FN2O2S/c11-9-2-1-3-10(8(9)6-12)16(14,15)13-7-4-5-7/h1-3,7,13H,4-6,12H2. The first-order valence-electron chi connectivity index (χ1n) is 5.04. The number of rotatable bonds is 4. The zero-order valence-corrected chi connectivity index (χ0v) is 9.43. The van der Waals surface area contributed by atoms with Crippen LogP contribution in [0, 0.1) is 5.82 Å². The SMILES string of the molecule is NCc1c(F)cccc1S(=O)(=O)NC1CC1. The molecule has 1 saturated carbocycles. The maximum absolute atomic E-state index is 13.4. The fourth-order valence-electron chi connectivity index (χ4n) is 1.47. The first-order valence-corrected chi connectivity index (χ1v) is 6.52. The molecule has 88 valence electrons. The first-order chi connectivity index (χ1) is 7.54. The summed E-state index contributed by atoms with van der Waals surface area (Å²) in [6.07, 6.45) is 1.68. The van der Waals surface area contributed by atoms with Crippen LogP contribution in [0.25, 0.3) is 0 Å². The van der Waals surface area contributed by atoms with E-state index in [9.17, 15) is 12.8 Å². The summed E-state index contributed by atoms with van der Waals surface area (Å²) >= 11 is 0. The van der Waals surface area contributed by atoms with E-state index in [2.05, 4.69) is 4.72 Å². The summed E-state index contributed by atoms with van der Waals surface area (Å²) in [5.41, 5.74) is 5.40. The van der Waals surface area contributed by atoms with E-state index in [-0.39, 0.29) is 23.0 Å². The van der Waals surface area contributed by atoms with Crippen LogP contribution in [-0.2, 0) is 16.6 Å². The first kappa shape index (κ1) is 11.5. The molecule has 3 N–H and O–H groups in total. The molecule has 1 aromatic rings. The molecule has 1 aromatic carbocycles. The molecule has 0 atom stereocenters. The molecule has 0 aromatic heterocycles. The quantitative estimate of drug-likeness (QED) is 0.820. The largest absolute Gasteiger partial charge is 0.326 e. The van der Waals surface area contributed by atoms with Crippen molar-refractivity contribution in [2.24, 2.45) is 5.73 Å². The molecule has 0 amide bonds. The van der Waals surface area contributed by atoms with Crippen LogP contribution in [0.2, 0.25) is 0 Å². The number of hydrogen-bond donors (Lipinski definition) is 2. The Kier molecular flexibility index (Phi) is 2.96. The Hall–Kier alpha value is -0.980. The molecule has 0 spiro atoms. The van der Waals surface area contributed by atoms with Crippen molar-refractivity contribution in [2.75, 3.05) is 0 Å². The molecule has 0 radical (unpaired) electrons. The smallest absolute Gasteiger partial charge is 0.241 e. The van der Waals surface area contributed by atoms with Gasteiger partial charge in [0.25, 0.3) is 0 Å². The van der Waals surface area contributed by atoms with Gasteiger partial charge in [0.05, 0.1) is 4.90 Å². The second-order valence-electron chi connectivity index (χ2n) is 3.82. The van der Waals surface area contributed by atoms with Gasteiger partial charge in [-0.1, -0.05) is 6.07 Å². The van der Waals surface area contributed by atoms with Crippen LogP contribution in [0.3, 0.4) is 0 Å². The highest BCUT2D eigenvalue weighted by Crippen LogP contribution is 2.24. The summed E-state index contributed by atoms with van der Waals surface area (Å²) in [7, 11) is -3.63. The average molecular weight is 244 g/mol. The van der Waals surface area contributed by atoms with Crippen LogP contribution in [0.15, 0.2) is 23.1 Å². The Morgan fingerprint density at radius 2 is 2.12 bits per heavy atom. The van der Waals surface area contributed by atoms with Gasteiger partial charge in [0, 0.05) is 18.2 Å². The molecule has 2 rings (SSSR count). The summed E-state index contributed by atoms with van der Waals surface area (Å²) in [5, 5.41) is 0. The van der Waals surface area contributed by atoms with E-state index in [1.807, 2.05) is 0 Å². The van der Waals surface area contributed by atoms with E-state index in [0.29, 0.717) is 0 Å². The summed E-state index contributed by atoms with van der Waals surface area (Å²) in [6.45, 7) is -0.131. The number of nitrogens with two attached hydrogens (primary N) is 1. The molecule has 1 fully saturated rings. The minimum absolute atomic E-state index is 0.00103. The lowest BCUT2D eigenvalue weighted by molar-refractivity contribution is 0.571. The van der Waals surface area contributed by atoms with Gasteiger partial charge < -0.3 is 5.73 Å². The van der Waals surface area contributed by atoms with Gasteiger partial charge in [0.15, 0.2) is 0 Å². The second-order valence-corrected chi connectivity index (χ2v) is 5.50. The zero-order valence-electron chi connectivity index (χ0n) is 8.61. The van der Waals surface area contributed by atoms with Crippen molar-refractivity contribution in [2.45, 2.75) is 30.3 Å². The van der Waals surface area contributed by atoms with Gasteiger partial charge >= 0.3 is 0 Å². The molecule has 4 nitrogen and oxygen atoms in total.